The van der Waals surface area contributed by atoms with Crippen LogP contribution < -0.4 is 5.32 Å². The molecule has 1 aliphatic carbocycles. The van der Waals surface area contributed by atoms with Gasteiger partial charge >= 0.3 is 0 Å². The SMILES string of the molecule is CCC1CCCN(C(=O)[C@@]23CCCC[C@H]2CNC3)C1.Cl. The predicted molar refractivity (Wildman–Crippen MR) is 84.1 cm³/mol. The Morgan fingerprint density at radius 1 is 1.30 bits per heavy atom. The van der Waals surface area contributed by atoms with Crippen molar-refractivity contribution in [1.29, 1.82) is 0 Å². The molecule has 0 radical (unpaired) electrons. The van der Waals surface area contributed by atoms with Crippen LogP contribution in [0.4, 0.5) is 0 Å². The smallest absolute Gasteiger partial charge is 0.230 e. The van der Waals surface area contributed by atoms with Crippen LogP contribution in [0.1, 0.15) is 51.9 Å². The number of hydrogen-bond donors (Lipinski definition) is 1. The van der Waals surface area contributed by atoms with Gasteiger partial charge in [0.25, 0.3) is 0 Å². The largest absolute Gasteiger partial charge is 0.342 e. The Hall–Kier alpha value is -0.280. The summed E-state index contributed by atoms with van der Waals surface area (Å²) in [7, 11) is 0. The first-order valence-corrected chi connectivity index (χ1v) is 8.26. The van der Waals surface area contributed by atoms with Crippen molar-refractivity contribution in [2.24, 2.45) is 17.3 Å². The van der Waals surface area contributed by atoms with Crippen molar-refractivity contribution in [1.82, 2.24) is 10.2 Å². The maximum atomic E-state index is 13.1. The Kier molecular flexibility index (Phi) is 5.36. The molecule has 3 atom stereocenters. The molecule has 3 nitrogen and oxygen atoms in total. The monoisotopic (exact) mass is 300 g/mol. The number of nitrogens with zero attached hydrogens (tertiary/aromatic N) is 1. The Morgan fingerprint density at radius 2 is 2.15 bits per heavy atom. The fourth-order valence-electron chi connectivity index (χ4n) is 4.57. The first kappa shape index (κ1) is 16.1. The number of halogens is 1. The summed E-state index contributed by atoms with van der Waals surface area (Å²) in [4.78, 5) is 15.3. The highest BCUT2D eigenvalue weighted by molar-refractivity contribution is 5.85. The van der Waals surface area contributed by atoms with E-state index in [-0.39, 0.29) is 17.8 Å². The first-order valence-electron chi connectivity index (χ1n) is 8.26. The van der Waals surface area contributed by atoms with Gasteiger partial charge in [0.15, 0.2) is 0 Å². The van der Waals surface area contributed by atoms with Gasteiger partial charge in [-0.3, -0.25) is 4.79 Å². The van der Waals surface area contributed by atoms with Gasteiger partial charge in [-0.1, -0.05) is 26.2 Å². The van der Waals surface area contributed by atoms with Crippen molar-refractivity contribution < 1.29 is 4.79 Å². The van der Waals surface area contributed by atoms with Gasteiger partial charge in [0.1, 0.15) is 0 Å². The second-order valence-electron chi connectivity index (χ2n) is 6.90. The number of rotatable bonds is 2. The minimum Gasteiger partial charge on any atom is -0.342 e. The standard InChI is InChI=1S/C16H28N2O.ClH/c1-2-13-6-5-9-18(11-13)15(19)16-8-4-3-7-14(16)10-17-12-16;/h13-14,17H,2-12H2,1H3;1H/t13?,14-,16+;/m0./s1. The quantitative estimate of drug-likeness (QED) is 0.850. The number of nitrogens with one attached hydrogen (secondary N) is 1. The molecule has 1 unspecified atom stereocenters. The molecule has 4 heteroatoms. The molecular weight excluding hydrogens is 272 g/mol. The maximum Gasteiger partial charge on any atom is 0.230 e. The molecule has 1 N–H and O–H groups in total. The van der Waals surface area contributed by atoms with E-state index in [1.807, 2.05) is 0 Å². The number of amides is 1. The van der Waals surface area contributed by atoms with Crippen LogP contribution in [0.25, 0.3) is 0 Å². The highest BCUT2D eigenvalue weighted by Crippen LogP contribution is 2.45. The summed E-state index contributed by atoms with van der Waals surface area (Å²) in [6.45, 7) is 6.28. The zero-order valence-corrected chi connectivity index (χ0v) is 13.5. The second kappa shape index (κ2) is 6.65. The lowest BCUT2D eigenvalue weighted by molar-refractivity contribution is -0.147. The van der Waals surface area contributed by atoms with Crippen molar-refractivity contribution in [3.63, 3.8) is 0 Å². The Balaban J connectivity index is 0.00000147. The first-order chi connectivity index (χ1) is 9.26. The molecule has 0 bridgehead atoms. The number of fused-ring (bicyclic) bond motifs is 1. The average Bonchev–Trinajstić information content (AvgIpc) is 2.91. The van der Waals surface area contributed by atoms with E-state index < -0.39 is 0 Å². The topological polar surface area (TPSA) is 32.3 Å². The minimum atomic E-state index is -0.0338. The molecule has 0 aromatic heterocycles. The lowest BCUT2D eigenvalue weighted by atomic mass is 9.67. The van der Waals surface area contributed by atoms with Gasteiger partial charge in [-0.25, -0.2) is 0 Å². The minimum absolute atomic E-state index is 0. The van der Waals surface area contributed by atoms with Crippen LogP contribution in [0, 0.1) is 17.3 Å². The number of carbonyl (C=O) groups is 1. The molecule has 0 aromatic carbocycles. The summed E-state index contributed by atoms with van der Waals surface area (Å²) in [5.74, 6) is 1.83. The molecule has 2 saturated heterocycles. The Morgan fingerprint density at radius 3 is 2.95 bits per heavy atom. The van der Waals surface area contributed by atoms with E-state index in [4.69, 9.17) is 0 Å². The fourth-order valence-corrected chi connectivity index (χ4v) is 4.57. The van der Waals surface area contributed by atoms with E-state index in [9.17, 15) is 4.79 Å². The fraction of sp³-hybridized carbons (Fsp3) is 0.938. The van der Waals surface area contributed by atoms with E-state index in [2.05, 4.69) is 17.1 Å². The van der Waals surface area contributed by atoms with Crippen LogP contribution in [0.2, 0.25) is 0 Å². The third-order valence-electron chi connectivity index (χ3n) is 5.85. The van der Waals surface area contributed by atoms with E-state index >= 15 is 0 Å². The second-order valence-corrected chi connectivity index (χ2v) is 6.90. The van der Waals surface area contributed by atoms with Crippen LogP contribution in [0.3, 0.4) is 0 Å². The van der Waals surface area contributed by atoms with Gasteiger partial charge < -0.3 is 10.2 Å². The van der Waals surface area contributed by atoms with E-state index in [1.54, 1.807) is 0 Å². The molecule has 0 spiro atoms. The summed E-state index contributed by atoms with van der Waals surface area (Å²) in [6.07, 6.45) is 8.68. The van der Waals surface area contributed by atoms with E-state index in [0.29, 0.717) is 11.8 Å². The molecule has 3 aliphatic rings. The maximum absolute atomic E-state index is 13.1. The molecule has 0 aromatic rings. The molecular formula is C16H29ClN2O. The molecule has 2 heterocycles. The van der Waals surface area contributed by atoms with Crippen molar-refractivity contribution in [3.8, 4) is 0 Å². The average molecular weight is 301 g/mol. The molecule has 1 amide bonds. The number of likely N-dealkylation sites (tertiary alicyclic amines) is 1. The van der Waals surface area contributed by atoms with Crippen LogP contribution in [-0.4, -0.2) is 37.0 Å². The highest BCUT2D eigenvalue weighted by atomic mass is 35.5. The summed E-state index contributed by atoms with van der Waals surface area (Å²) in [5.41, 5.74) is -0.0338. The lowest BCUT2D eigenvalue weighted by Gasteiger charge is -2.43. The normalized spacial score (nSPS) is 37.1. The zero-order chi connectivity index (χ0) is 13.3. The van der Waals surface area contributed by atoms with Crippen molar-refractivity contribution in [2.75, 3.05) is 26.2 Å². The number of hydrogen-bond acceptors (Lipinski definition) is 2. The Labute approximate surface area is 129 Å². The van der Waals surface area contributed by atoms with E-state index in [1.165, 1.54) is 38.5 Å². The molecule has 20 heavy (non-hydrogen) atoms. The van der Waals surface area contributed by atoms with Crippen LogP contribution in [0.15, 0.2) is 0 Å². The highest BCUT2D eigenvalue weighted by Gasteiger charge is 2.51. The summed E-state index contributed by atoms with van der Waals surface area (Å²) in [5, 5.41) is 3.50. The molecule has 116 valence electrons. The molecule has 3 fully saturated rings. The van der Waals surface area contributed by atoms with E-state index in [0.717, 1.165) is 38.5 Å². The summed E-state index contributed by atoms with van der Waals surface area (Å²) < 4.78 is 0. The third kappa shape index (κ3) is 2.71. The Bertz CT molecular complexity index is 349. The van der Waals surface area contributed by atoms with Crippen LogP contribution in [0.5, 0.6) is 0 Å². The van der Waals surface area contributed by atoms with Crippen LogP contribution >= 0.6 is 12.4 Å². The van der Waals surface area contributed by atoms with Crippen LogP contribution in [-0.2, 0) is 4.79 Å². The zero-order valence-electron chi connectivity index (χ0n) is 12.7. The van der Waals surface area contributed by atoms with Gasteiger partial charge in [0, 0.05) is 19.6 Å². The molecule has 2 aliphatic heterocycles. The summed E-state index contributed by atoms with van der Waals surface area (Å²) >= 11 is 0. The summed E-state index contributed by atoms with van der Waals surface area (Å²) in [6, 6.07) is 0. The van der Waals surface area contributed by atoms with Crippen molar-refractivity contribution in [2.45, 2.75) is 51.9 Å². The van der Waals surface area contributed by atoms with Gasteiger partial charge in [0.05, 0.1) is 5.41 Å². The number of piperidine rings is 1. The van der Waals surface area contributed by atoms with Gasteiger partial charge in [0.2, 0.25) is 5.91 Å². The molecule has 1 saturated carbocycles. The lowest BCUT2D eigenvalue weighted by Crippen LogP contribution is -2.52. The van der Waals surface area contributed by atoms with Gasteiger partial charge in [-0.2, -0.15) is 0 Å². The number of carbonyl (C=O) groups excluding carboxylic acids is 1. The van der Waals surface area contributed by atoms with Gasteiger partial charge in [-0.15, -0.1) is 12.4 Å². The van der Waals surface area contributed by atoms with Crippen molar-refractivity contribution in [3.05, 3.63) is 0 Å². The third-order valence-corrected chi connectivity index (χ3v) is 5.85. The van der Waals surface area contributed by atoms with Crippen molar-refractivity contribution >= 4 is 18.3 Å². The predicted octanol–water partition coefficient (Wildman–Crippen LogP) is 2.84. The van der Waals surface area contributed by atoms with Gasteiger partial charge in [-0.05, 0) is 44.1 Å². The molecule has 3 rings (SSSR count).